The topological polar surface area (TPSA) is 54.5 Å². The molecule has 1 aromatic carbocycles. The maximum atomic E-state index is 12.3. The first-order chi connectivity index (χ1) is 10.2. The third kappa shape index (κ3) is 3.16. The highest BCUT2D eigenvalue weighted by atomic mass is 32.1. The fraction of sp³-hybridized carbons (Fsp3) is 0.467. The second-order valence-corrected chi connectivity index (χ2v) is 6.43. The number of rotatable bonds is 2. The zero-order valence-corrected chi connectivity index (χ0v) is 13.1. The van der Waals surface area contributed by atoms with E-state index in [1.54, 1.807) is 11.3 Å². The molecule has 1 fully saturated rings. The molecule has 1 unspecified atom stereocenters. The van der Waals surface area contributed by atoms with Crippen molar-refractivity contribution in [2.24, 2.45) is 0 Å². The van der Waals surface area contributed by atoms with Crippen molar-refractivity contribution in [3.8, 4) is 0 Å². The van der Waals surface area contributed by atoms with Crippen molar-refractivity contribution >= 4 is 33.3 Å². The van der Waals surface area contributed by atoms with Gasteiger partial charge in [0.15, 0.2) is 0 Å². The van der Waals surface area contributed by atoms with Crippen LogP contribution in [-0.4, -0.2) is 41.7 Å². The van der Waals surface area contributed by atoms with Crippen LogP contribution in [0.3, 0.4) is 0 Å². The number of thiazole rings is 1. The van der Waals surface area contributed by atoms with Crippen LogP contribution in [-0.2, 0) is 4.74 Å². The number of hydrogen-bond donors (Lipinski definition) is 1. The minimum absolute atomic E-state index is 0.0580. The molecule has 1 N–H and O–H groups in total. The molecule has 0 radical (unpaired) electrons. The molecule has 0 bridgehead atoms. The number of hydrogen-bond acceptors (Lipinski definition) is 4. The van der Waals surface area contributed by atoms with Gasteiger partial charge in [0.05, 0.1) is 27.9 Å². The van der Waals surface area contributed by atoms with Crippen LogP contribution in [0.25, 0.3) is 10.2 Å². The number of ether oxygens (including phenoxy) is 1. The summed E-state index contributed by atoms with van der Waals surface area (Å²) in [7, 11) is 0. The summed E-state index contributed by atoms with van der Waals surface area (Å²) in [6.45, 7) is 5.97. The van der Waals surface area contributed by atoms with Gasteiger partial charge < -0.3 is 15.0 Å². The molecular weight excluding hydrogens is 286 g/mol. The molecule has 1 saturated heterocycles. The van der Waals surface area contributed by atoms with Gasteiger partial charge in [-0.25, -0.2) is 9.78 Å². The molecule has 112 valence electrons. The molecule has 0 aliphatic carbocycles. The lowest BCUT2D eigenvalue weighted by Crippen LogP contribution is -2.47. The van der Waals surface area contributed by atoms with E-state index in [1.807, 2.05) is 30.0 Å². The van der Waals surface area contributed by atoms with Gasteiger partial charge in [0.2, 0.25) is 0 Å². The fourth-order valence-corrected chi connectivity index (χ4v) is 3.34. The molecule has 2 amide bonds. The Morgan fingerprint density at radius 2 is 2.43 bits per heavy atom. The minimum atomic E-state index is -0.0580. The zero-order valence-electron chi connectivity index (χ0n) is 12.3. The first-order valence-electron chi connectivity index (χ1n) is 7.20. The van der Waals surface area contributed by atoms with E-state index in [0.29, 0.717) is 19.7 Å². The number of aromatic nitrogens is 1. The summed E-state index contributed by atoms with van der Waals surface area (Å²) in [5.74, 6) is 0. The highest BCUT2D eigenvalue weighted by Crippen LogP contribution is 2.25. The summed E-state index contributed by atoms with van der Waals surface area (Å²) in [6.07, 6.45) is 1.08. The fourth-order valence-electron chi connectivity index (χ4n) is 2.47. The number of benzene rings is 1. The van der Waals surface area contributed by atoms with Crippen molar-refractivity contribution in [3.63, 3.8) is 0 Å². The van der Waals surface area contributed by atoms with Crippen LogP contribution in [0.2, 0.25) is 0 Å². The number of nitrogens with zero attached hydrogens (tertiary/aromatic N) is 2. The lowest BCUT2D eigenvalue weighted by atomic mass is 10.2. The Bertz CT molecular complexity index is 655. The molecule has 21 heavy (non-hydrogen) atoms. The van der Waals surface area contributed by atoms with Gasteiger partial charge in [-0.1, -0.05) is 6.92 Å². The molecule has 0 saturated carbocycles. The van der Waals surface area contributed by atoms with E-state index in [9.17, 15) is 4.79 Å². The number of carbonyl (C=O) groups is 1. The van der Waals surface area contributed by atoms with Gasteiger partial charge in [-0.2, -0.15) is 0 Å². The average molecular weight is 305 g/mol. The molecule has 1 atom stereocenters. The van der Waals surface area contributed by atoms with Gasteiger partial charge >= 0.3 is 6.03 Å². The van der Waals surface area contributed by atoms with Gasteiger partial charge in [-0.3, -0.25) is 0 Å². The summed E-state index contributed by atoms with van der Waals surface area (Å²) in [6, 6.07) is 5.77. The van der Waals surface area contributed by atoms with Crippen molar-refractivity contribution < 1.29 is 9.53 Å². The molecule has 0 spiro atoms. The monoisotopic (exact) mass is 305 g/mol. The van der Waals surface area contributed by atoms with E-state index in [0.717, 1.165) is 27.3 Å². The van der Waals surface area contributed by atoms with E-state index >= 15 is 0 Å². The SMILES string of the molecule is CCC1CN(C(=O)Nc2ccc3nc(C)sc3c2)CCO1. The predicted molar refractivity (Wildman–Crippen MR) is 85.0 cm³/mol. The maximum Gasteiger partial charge on any atom is 0.322 e. The number of nitrogens with one attached hydrogen (secondary N) is 1. The van der Waals surface area contributed by atoms with E-state index in [4.69, 9.17) is 4.74 Å². The number of anilines is 1. The van der Waals surface area contributed by atoms with E-state index in [1.165, 1.54) is 0 Å². The highest BCUT2D eigenvalue weighted by molar-refractivity contribution is 7.18. The number of fused-ring (bicyclic) bond motifs is 1. The second-order valence-electron chi connectivity index (χ2n) is 5.19. The highest BCUT2D eigenvalue weighted by Gasteiger charge is 2.23. The molecule has 6 heteroatoms. The van der Waals surface area contributed by atoms with Gasteiger partial charge in [-0.05, 0) is 31.5 Å². The molecule has 5 nitrogen and oxygen atoms in total. The third-order valence-corrected chi connectivity index (χ3v) is 4.56. The largest absolute Gasteiger partial charge is 0.375 e. The molecular formula is C15H19N3O2S. The Labute approximate surface area is 127 Å². The lowest BCUT2D eigenvalue weighted by Gasteiger charge is -2.32. The summed E-state index contributed by atoms with van der Waals surface area (Å²) in [4.78, 5) is 18.6. The molecule has 3 rings (SSSR count). The number of morpholine rings is 1. The average Bonchev–Trinajstić information content (AvgIpc) is 2.86. The summed E-state index contributed by atoms with van der Waals surface area (Å²) >= 11 is 1.64. The number of urea groups is 1. The second kappa shape index (κ2) is 5.99. The third-order valence-electron chi connectivity index (χ3n) is 3.63. The number of carbonyl (C=O) groups excluding carboxylic acids is 1. The van der Waals surface area contributed by atoms with Crippen LogP contribution in [0.1, 0.15) is 18.4 Å². The quantitative estimate of drug-likeness (QED) is 0.926. The minimum Gasteiger partial charge on any atom is -0.375 e. The molecule has 2 heterocycles. The number of amides is 2. The Morgan fingerprint density at radius 3 is 3.24 bits per heavy atom. The normalized spacial score (nSPS) is 19.0. The van der Waals surface area contributed by atoms with E-state index < -0.39 is 0 Å². The smallest absolute Gasteiger partial charge is 0.322 e. The summed E-state index contributed by atoms with van der Waals surface area (Å²) < 4.78 is 6.69. The molecule has 2 aromatic rings. The van der Waals surface area contributed by atoms with Crippen LogP contribution in [0, 0.1) is 6.92 Å². The predicted octanol–water partition coefficient (Wildman–Crippen LogP) is 3.25. The van der Waals surface area contributed by atoms with Gasteiger partial charge in [-0.15, -0.1) is 11.3 Å². The van der Waals surface area contributed by atoms with Gasteiger partial charge in [0, 0.05) is 18.8 Å². The number of aryl methyl sites for hydroxylation is 1. The molecule has 1 aliphatic rings. The Morgan fingerprint density at radius 1 is 1.57 bits per heavy atom. The van der Waals surface area contributed by atoms with Crippen LogP contribution in [0.4, 0.5) is 10.5 Å². The Kier molecular flexibility index (Phi) is 4.07. The Hall–Kier alpha value is -1.66. The van der Waals surface area contributed by atoms with Crippen molar-refractivity contribution in [3.05, 3.63) is 23.2 Å². The van der Waals surface area contributed by atoms with Crippen LogP contribution in [0.5, 0.6) is 0 Å². The Balaban J connectivity index is 1.70. The van der Waals surface area contributed by atoms with Gasteiger partial charge in [0.25, 0.3) is 0 Å². The van der Waals surface area contributed by atoms with Crippen LogP contribution >= 0.6 is 11.3 Å². The van der Waals surface area contributed by atoms with Gasteiger partial charge in [0.1, 0.15) is 0 Å². The summed E-state index contributed by atoms with van der Waals surface area (Å²) in [5.41, 5.74) is 1.80. The summed E-state index contributed by atoms with van der Waals surface area (Å²) in [5, 5.41) is 4.00. The lowest BCUT2D eigenvalue weighted by molar-refractivity contribution is -0.0134. The molecule has 1 aromatic heterocycles. The van der Waals surface area contributed by atoms with Crippen LogP contribution in [0.15, 0.2) is 18.2 Å². The maximum absolute atomic E-state index is 12.3. The zero-order chi connectivity index (χ0) is 14.8. The van der Waals surface area contributed by atoms with E-state index in [-0.39, 0.29) is 12.1 Å². The standard InChI is InChI=1S/C15H19N3O2S/c1-3-12-9-18(6-7-20-12)15(19)17-11-4-5-13-14(8-11)21-10(2)16-13/h4-5,8,12H,3,6-7,9H2,1-2H3,(H,17,19). The molecule has 1 aliphatic heterocycles. The first kappa shape index (κ1) is 14.3. The van der Waals surface area contributed by atoms with Crippen LogP contribution < -0.4 is 5.32 Å². The van der Waals surface area contributed by atoms with Crippen molar-refractivity contribution in [2.75, 3.05) is 25.0 Å². The van der Waals surface area contributed by atoms with E-state index in [2.05, 4.69) is 17.2 Å². The first-order valence-corrected chi connectivity index (χ1v) is 8.02. The van der Waals surface area contributed by atoms with Crippen molar-refractivity contribution in [2.45, 2.75) is 26.4 Å². The van der Waals surface area contributed by atoms with Crippen molar-refractivity contribution in [1.82, 2.24) is 9.88 Å². The van der Waals surface area contributed by atoms with Crippen molar-refractivity contribution in [1.29, 1.82) is 0 Å².